The fourth-order valence-corrected chi connectivity index (χ4v) is 4.88. The first-order valence-corrected chi connectivity index (χ1v) is 12.9. The van der Waals surface area contributed by atoms with Gasteiger partial charge in [0.15, 0.2) is 0 Å². The minimum atomic E-state index is -4.91. The summed E-state index contributed by atoms with van der Waals surface area (Å²) in [6.45, 7) is -2.17. The number of ether oxygens (including phenoxy) is 2. The highest BCUT2D eigenvalue weighted by Crippen LogP contribution is 2.35. The van der Waals surface area contributed by atoms with Crippen molar-refractivity contribution in [3.63, 3.8) is 0 Å². The molecule has 2 atom stereocenters. The first-order valence-electron chi connectivity index (χ1n) is 10.8. The second kappa shape index (κ2) is 11.6. The van der Waals surface area contributed by atoms with Gasteiger partial charge in [-0.05, 0) is 23.3 Å². The maximum Gasteiger partial charge on any atom is 0.425 e. The molecule has 0 bridgehead atoms. The molecule has 0 spiro atoms. The number of likely N-dealkylation sites (tertiary alicyclic amines) is 1. The standard InChI is InChI=1S/C21H23N5O10S2/c22-38(33,34)24(20(28)36-13-16-6-8-17(9-7-16)25(29)30)14-21(26(31)32)10-18(37)11-23(21)19(27)35-12-15-4-2-1-3-5-15/h1-9,18,37H,10-14H2,(H2,22,33,34). The second-order valence-corrected chi connectivity index (χ2v) is 10.5. The lowest BCUT2D eigenvalue weighted by Gasteiger charge is -2.32. The topological polar surface area (TPSA) is 206 Å². The van der Waals surface area contributed by atoms with E-state index in [-0.39, 0.29) is 28.7 Å². The molecule has 2 aromatic carbocycles. The smallest absolute Gasteiger partial charge is 0.425 e. The van der Waals surface area contributed by atoms with Crippen LogP contribution in [0, 0.1) is 20.2 Å². The van der Waals surface area contributed by atoms with Crippen LogP contribution in [0.3, 0.4) is 0 Å². The number of hydrogen-bond acceptors (Lipinski definition) is 11. The van der Waals surface area contributed by atoms with E-state index in [1.54, 1.807) is 30.3 Å². The first kappa shape index (κ1) is 28.6. The quantitative estimate of drug-likeness (QED) is 0.255. The van der Waals surface area contributed by atoms with Gasteiger partial charge in [0.1, 0.15) is 19.8 Å². The molecule has 17 heteroatoms. The Morgan fingerprint density at radius 2 is 1.63 bits per heavy atom. The summed E-state index contributed by atoms with van der Waals surface area (Å²) < 4.78 is 34.7. The van der Waals surface area contributed by atoms with Crippen molar-refractivity contribution in [1.29, 1.82) is 0 Å². The average molecular weight is 570 g/mol. The summed E-state index contributed by atoms with van der Waals surface area (Å²) in [5.41, 5.74) is -1.79. The van der Waals surface area contributed by atoms with Crippen LogP contribution >= 0.6 is 12.6 Å². The number of carbonyl (C=O) groups excluding carboxylic acids is 2. The zero-order valence-electron chi connectivity index (χ0n) is 19.6. The summed E-state index contributed by atoms with van der Waals surface area (Å²) in [7, 11) is -4.91. The summed E-state index contributed by atoms with van der Waals surface area (Å²) in [4.78, 5) is 47.8. The second-order valence-electron chi connectivity index (χ2n) is 8.28. The number of thiol groups is 1. The normalized spacial score (nSPS) is 19.0. The van der Waals surface area contributed by atoms with Crippen molar-refractivity contribution >= 4 is 40.7 Å². The van der Waals surface area contributed by atoms with Gasteiger partial charge in [-0.1, -0.05) is 30.3 Å². The van der Waals surface area contributed by atoms with Crippen LogP contribution in [0.15, 0.2) is 54.6 Å². The number of hydrogen-bond donors (Lipinski definition) is 2. The van der Waals surface area contributed by atoms with Gasteiger partial charge in [-0.3, -0.25) is 20.2 Å². The average Bonchev–Trinajstić information content (AvgIpc) is 3.22. The van der Waals surface area contributed by atoms with E-state index in [1.807, 2.05) is 0 Å². The number of nitrogens with zero attached hydrogens (tertiary/aromatic N) is 4. The van der Waals surface area contributed by atoms with Gasteiger partial charge in [-0.2, -0.15) is 25.4 Å². The predicted molar refractivity (Wildman–Crippen MR) is 134 cm³/mol. The molecule has 2 N–H and O–H groups in total. The van der Waals surface area contributed by atoms with Gasteiger partial charge < -0.3 is 9.47 Å². The van der Waals surface area contributed by atoms with Crippen LogP contribution in [0.2, 0.25) is 0 Å². The zero-order chi connectivity index (χ0) is 28.1. The van der Waals surface area contributed by atoms with Crippen molar-refractivity contribution in [3.8, 4) is 0 Å². The summed E-state index contributed by atoms with van der Waals surface area (Å²) in [6.07, 6.45) is -3.09. The Balaban J connectivity index is 1.80. The van der Waals surface area contributed by atoms with Gasteiger partial charge in [0.25, 0.3) is 5.69 Å². The van der Waals surface area contributed by atoms with Gasteiger partial charge in [-0.25, -0.2) is 19.6 Å². The zero-order valence-corrected chi connectivity index (χ0v) is 21.3. The molecule has 2 aromatic rings. The Kier molecular flexibility index (Phi) is 8.74. The number of amides is 2. The van der Waals surface area contributed by atoms with Crippen molar-refractivity contribution in [2.24, 2.45) is 5.14 Å². The summed E-state index contributed by atoms with van der Waals surface area (Å²) in [5, 5.41) is 27.5. The van der Waals surface area contributed by atoms with E-state index in [2.05, 4.69) is 12.6 Å². The molecule has 2 unspecified atom stereocenters. The predicted octanol–water partition coefficient (Wildman–Crippen LogP) is 2.05. The third-order valence-electron chi connectivity index (χ3n) is 5.64. The summed E-state index contributed by atoms with van der Waals surface area (Å²) in [5.74, 6) is 0. The minimum absolute atomic E-state index is 0.0511. The van der Waals surface area contributed by atoms with E-state index in [0.717, 1.165) is 12.1 Å². The molecule has 1 fully saturated rings. The number of nitrogens with two attached hydrogens (primary N) is 1. The van der Waals surface area contributed by atoms with Crippen LogP contribution < -0.4 is 5.14 Å². The van der Waals surface area contributed by atoms with Crippen LogP contribution in [0.5, 0.6) is 0 Å². The Morgan fingerprint density at radius 3 is 2.18 bits per heavy atom. The summed E-state index contributed by atoms with van der Waals surface area (Å²) in [6, 6.07) is 13.3. The van der Waals surface area contributed by atoms with Gasteiger partial charge in [-0.15, -0.1) is 0 Å². The highest BCUT2D eigenvalue weighted by molar-refractivity contribution is 7.87. The highest BCUT2D eigenvalue weighted by atomic mass is 32.2. The largest absolute Gasteiger partial charge is 0.444 e. The van der Waals surface area contributed by atoms with E-state index in [9.17, 15) is 38.2 Å². The Labute approximate surface area is 222 Å². The molecule has 38 heavy (non-hydrogen) atoms. The maximum absolute atomic E-state index is 12.9. The first-order chi connectivity index (χ1) is 17.8. The van der Waals surface area contributed by atoms with Crippen LogP contribution in [0.1, 0.15) is 17.5 Å². The van der Waals surface area contributed by atoms with Crippen LogP contribution in [-0.2, 0) is 32.9 Å². The van der Waals surface area contributed by atoms with E-state index in [4.69, 9.17) is 14.6 Å². The fraction of sp³-hybridized carbons (Fsp3) is 0.333. The molecule has 3 rings (SSSR count). The third-order valence-corrected chi connectivity index (χ3v) is 6.88. The molecule has 1 aliphatic rings. The molecule has 0 aliphatic carbocycles. The lowest BCUT2D eigenvalue weighted by molar-refractivity contribution is -0.591. The molecule has 0 radical (unpaired) electrons. The Bertz CT molecular complexity index is 1310. The molecule has 1 aliphatic heterocycles. The van der Waals surface area contributed by atoms with Gasteiger partial charge >= 0.3 is 28.1 Å². The van der Waals surface area contributed by atoms with E-state index < -0.39 is 62.7 Å². The van der Waals surface area contributed by atoms with Gasteiger partial charge in [0, 0.05) is 23.9 Å². The van der Waals surface area contributed by atoms with E-state index >= 15 is 0 Å². The van der Waals surface area contributed by atoms with Crippen molar-refractivity contribution in [2.45, 2.75) is 30.5 Å². The molecule has 204 valence electrons. The van der Waals surface area contributed by atoms with Crippen molar-refractivity contribution in [1.82, 2.24) is 9.21 Å². The van der Waals surface area contributed by atoms with Crippen LogP contribution in [0.4, 0.5) is 15.3 Å². The molecule has 15 nitrogen and oxygen atoms in total. The number of rotatable bonds is 9. The number of non-ortho nitro benzene ring substituents is 1. The van der Waals surface area contributed by atoms with Crippen LogP contribution in [0.25, 0.3) is 0 Å². The summed E-state index contributed by atoms with van der Waals surface area (Å²) >= 11 is 4.23. The fourth-order valence-electron chi connectivity index (χ4n) is 3.77. The Hall–Kier alpha value is -3.96. The molecular weight excluding hydrogens is 546 g/mol. The van der Waals surface area contributed by atoms with E-state index in [0.29, 0.717) is 10.5 Å². The van der Waals surface area contributed by atoms with Gasteiger partial charge in [0.05, 0.1) is 16.3 Å². The molecule has 1 saturated heterocycles. The molecule has 1 heterocycles. The lowest BCUT2D eigenvalue weighted by atomic mass is 10.1. The number of carbonyl (C=O) groups is 2. The maximum atomic E-state index is 12.9. The lowest BCUT2D eigenvalue weighted by Crippen LogP contribution is -2.61. The SMILES string of the molecule is NS(=O)(=O)N(CC1([N+](=O)[O-])CC(S)CN1C(=O)OCc1ccccc1)C(=O)OCc1ccc([N+](=O)[O-])cc1. The number of nitro benzene ring substituents is 1. The van der Waals surface area contributed by atoms with Crippen molar-refractivity contribution in [3.05, 3.63) is 86.0 Å². The van der Waals surface area contributed by atoms with Gasteiger partial charge in [0.2, 0.25) is 0 Å². The molecular formula is C21H23N5O10S2. The van der Waals surface area contributed by atoms with E-state index in [1.165, 1.54) is 12.1 Å². The minimum Gasteiger partial charge on any atom is -0.444 e. The van der Waals surface area contributed by atoms with Crippen LogP contribution in [-0.4, -0.2) is 63.7 Å². The van der Waals surface area contributed by atoms with Crippen molar-refractivity contribution in [2.75, 3.05) is 13.1 Å². The van der Waals surface area contributed by atoms with Crippen molar-refractivity contribution < 1.29 is 37.3 Å². The third kappa shape index (κ3) is 6.67. The highest BCUT2D eigenvalue weighted by Gasteiger charge is 2.60. The molecule has 0 aromatic heterocycles. The molecule has 0 saturated carbocycles. The Morgan fingerprint density at radius 1 is 1.05 bits per heavy atom. The number of nitro groups is 2. The molecule has 2 amide bonds. The number of benzene rings is 2. The monoisotopic (exact) mass is 569 g/mol.